The Morgan fingerprint density at radius 2 is 0.881 bits per heavy atom. The first-order chi connectivity index (χ1) is 20.8. The molecule has 1 aromatic heterocycles. The summed E-state index contributed by atoms with van der Waals surface area (Å²) in [4.78, 5) is 14.2. The summed E-state index contributed by atoms with van der Waals surface area (Å²) in [5.41, 5.74) is 8.89. The molecule has 3 nitrogen and oxygen atoms in total. The van der Waals surface area contributed by atoms with Crippen molar-refractivity contribution in [2.24, 2.45) is 4.99 Å². The van der Waals surface area contributed by atoms with E-state index in [0.29, 0.717) is 5.82 Å². The highest BCUT2D eigenvalue weighted by molar-refractivity contribution is 6.02. The van der Waals surface area contributed by atoms with Crippen LogP contribution in [0, 0.1) is 0 Å². The van der Waals surface area contributed by atoms with E-state index in [1.54, 1.807) is 0 Å². The predicted molar refractivity (Wildman–Crippen MR) is 174 cm³/mol. The molecular formula is C39H29N3. The molecule has 0 unspecified atom stereocenters. The Bertz CT molecular complexity index is 1770. The van der Waals surface area contributed by atoms with Gasteiger partial charge in [0.1, 0.15) is 11.4 Å². The van der Waals surface area contributed by atoms with Crippen LogP contribution in [0.15, 0.2) is 169 Å². The molecule has 42 heavy (non-hydrogen) atoms. The number of imidazole rings is 1. The van der Waals surface area contributed by atoms with Crippen molar-refractivity contribution in [1.82, 2.24) is 9.97 Å². The molecule has 0 aliphatic carbocycles. The highest BCUT2D eigenvalue weighted by Gasteiger charge is 2.35. The number of hydrogen-bond acceptors (Lipinski definition) is 2. The minimum absolute atomic E-state index is 0.706. The minimum atomic E-state index is -0.757. The quantitative estimate of drug-likeness (QED) is 0.159. The van der Waals surface area contributed by atoms with Crippen LogP contribution in [-0.2, 0) is 5.54 Å². The summed E-state index contributed by atoms with van der Waals surface area (Å²) in [5, 5.41) is 0. The van der Waals surface area contributed by atoms with Gasteiger partial charge in [-0.05, 0) is 27.8 Å². The number of fused-ring (bicyclic) bond motifs is 1. The zero-order chi connectivity index (χ0) is 28.2. The Kier molecular flexibility index (Phi) is 6.75. The predicted octanol–water partition coefficient (Wildman–Crippen LogP) is 9.31. The Balaban J connectivity index is 1.45. The first-order valence-electron chi connectivity index (χ1n) is 14.2. The third kappa shape index (κ3) is 4.61. The summed E-state index contributed by atoms with van der Waals surface area (Å²) in [6.45, 7) is 0. The minimum Gasteiger partial charge on any atom is -0.337 e. The number of nitrogens with zero attached hydrogens (tertiary/aromatic N) is 2. The van der Waals surface area contributed by atoms with E-state index in [0.717, 1.165) is 50.0 Å². The van der Waals surface area contributed by atoms with Crippen molar-refractivity contribution in [3.63, 3.8) is 0 Å². The molecule has 0 amide bonds. The molecule has 3 heteroatoms. The fraction of sp³-hybridized carbons (Fsp3) is 0.0256. The normalized spacial score (nSPS) is 11.7. The molecule has 1 heterocycles. The second-order valence-corrected chi connectivity index (χ2v) is 10.3. The fourth-order valence-corrected chi connectivity index (χ4v) is 5.80. The molecular weight excluding hydrogens is 510 g/mol. The summed E-state index contributed by atoms with van der Waals surface area (Å²) in [5.74, 6) is 0.706. The van der Waals surface area contributed by atoms with Crippen molar-refractivity contribution < 1.29 is 0 Å². The van der Waals surface area contributed by atoms with Gasteiger partial charge >= 0.3 is 0 Å². The highest BCUT2D eigenvalue weighted by Crippen LogP contribution is 2.41. The van der Waals surface area contributed by atoms with Crippen LogP contribution >= 0.6 is 0 Å². The van der Waals surface area contributed by atoms with Crippen molar-refractivity contribution in [3.05, 3.63) is 186 Å². The number of aromatic nitrogens is 2. The van der Waals surface area contributed by atoms with Gasteiger partial charge in [-0.3, -0.25) is 4.99 Å². The van der Waals surface area contributed by atoms with E-state index in [4.69, 9.17) is 9.98 Å². The molecule has 1 N–H and O–H groups in total. The first kappa shape index (κ1) is 25.4. The van der Waals surface area contributed by atoms with Gasteiger partial charge in [0.05, 0.1) is 17.2 Å². The fourth-order valence-electron chi connectivity index (χ4n) is 5.80. The lowest BCUT2D eigenvalue weighted by molar-refractivity contribution is 0.659. The van der Waals surface area contributed by atoms with Crippen molar-refractivity contribution >= 4 is 17.2 Å². The van der Waals surface area contributed by atoms with Gasteiger partial charge in [0.2, 0.25) is 0 Å². The average Bonchev–Trinajstić information content (AvgIpc) is 3.51. The Morgan fingerprint density at radius 3 is 1.36 bits per heavy atom. The van der Waals surface area contributed by atoms with Gasteiger partial charge in [-0.25, -0.2) is 4.98 Å². The molecule has 0 saturated carbocycles. The van der Waals surface area contributed by atoms with Gasteiger partial charge in [-0.15, -0.1) is 0 Å². The lowest BCUT2D eigenvalue weighted by Gasteiger charge is -2.32. The maximum atomic E-state index is 5.42. The topological polar surface area (TPSA) is 41.0 Å². The molecule has 200 valence electrons. The van der Waals surface area contributed by atoms with Gasteiger partial charge in [0, 0.05) is 11.1 Å². The standard InChI is InChI=1S/C39H29N3/c1-6-16-29(17-7-1)34-26-27-35(30-18-8-2-9-19-30)38-37(34)41-36(42-38)28-40-39(31-20-10-3-11-21-31,32-22-12-4-13-23-32)33-24-14-5-15-25-33/h1-28H,(H,41,42). The van der Waals surface area contributed by atoms with E-state index in [9.17, 15) is 0 Å². The van der Waals surface area contributed by atoms with Crippen LogP contribution in [0.1, 0.15) is 22.5 Å². The Hall–Kier alpha value is -5.54. The molecule has 7 rings (SSSR count). The number of nitrogens with one attached hydrogen (secondary N) is 1. The van der Waals surface area contributed by atoms with Gasteiger partial charge in [-0.1, -0.05) is 164 Å². The third-order valence-electron chi connectivity index (χ3n) is 7.79. The SMILES string of the molecule is C(=NC(c1ccccc1)(c1ccccc1)c1ccccc1)c1nc2c(-c3ccccc3)ccc(-c3ccccc3)c2[nH]1. The molecule has 0 radical (unpaired) electrons. The first-order valence-corrected chi connectivity index (χ1v) is 14.2. The maximum absolute atomic E-state index is 5.42. The van der Waals surface area contributed by atoms with E-state index in [1.807, 2.05) is 36.5 Å². The van der Waals surface area contributed by atoms with Gasteiger partial charge in [-0.2, -0.15) is 0 Å². The molecule has 0 saturated heterocycles. The number of aliphatic imine (C=N–C) groups is 1. The summed E-state index contributed by atoms with van der Waals surface area (Å²) < 4.78 is 0. The molecule has 0 fully saturated rings. The Labute approximate surface area is 245 Å². The molecule has 0 bridgehead atoms. The van der Waals surface area contributed by atoms with Crippen LogP contribution < -0.4 is 0 Å². The number of aromatic amines is 1. The second kappa shape index (κ2) is 11.1. The lowest BCUT2D eigenvalue weighted by atomic mass is 9.77. The molecule has 7 aromatic rings. The molecule has 0 spiro atoms. The molecule has 6 aromatic carbocycles. The summed E-state index contributed by atoms with van der Waals surface area (Å²) in [7, 11) is 0. The van der Waals surface area contributed by atoms with Crippen LogP contribution in [0.2, 0.25) is 0 Å². The highest BCUT2D eigenvalue weighted by atomic mass is 15.0. The van der Waals surface area contributed by atoms with Crippen molar-refractivity contribution in [3.8, 4) is 22.3 Å². The monoisotopic (exact) mass is 539 g/mol. The molecule has 0 aliphatic heterocycles. The van der Waals surface area contributed by atoms with Crippen molar-refractivity contribution in [2.45, 2.75) is 5.54 Å². The number of H-pyrrole nitrogens is 1. The van der Waals surface area contributed by atoms with Crippen LogP contribution in [0.25, 0.3) is 33.3 Å². The van der Waals surface area contributed by atoms with Gasteiger partial charge < -0.3 is 4.98 Å². The number of hydrogen-bond donors (Lipinski definition) is 1. The van der Waals surface area contributed by atoms with E-state index in [2.05, 4.69) is 138 Å². The average molecular weight is 540 g/mol. The van der Waals surface area contributed by atoms with E-state index < -0.39 is 5.54 Å². The lowest BCUT2D eigenvalue weighted by Crippen LogP contribution is -2.27. The number of benzene rings is 6. The second-order valence-electron chi connectivity index (χ2n) is 10.3. The smallest absolute Gasteiger partial charge is 0.149 e. The summed E-state index contributed by atoms with van der Waals surface area (Å²) in [6.07, 6.45) is 1.90. The number of rotatable bonds is 7. The molecule has 0 atom stereocenters. The zero-order valence-corrected chi connectivity index (χ0v) is 23.1. The largest absolute Gasteiger partial charge is 0.337 e. The zero-order valence-electron chi connectivity index (χ0n) is 23.1. The molecule has 0 aliphatic rings. The maximum Gasteiger partial charge on any atom is 0.149 e. The summed E-state index contributed by atoms with van der Waals surface area (Å²) in [6, 6.07) is 56.7. The van der Waals surface area contributed by atoms with Crippen LogP contribution in [0.5, 0.6) is 0 Å². The van der Waals surface area contributed by atoms with E-state index in [-0.39, 0.29) is 0 Å². The van der Waals surface area contributed by atoms with E-state index >= 15 is 0 Å². The Morgan fingerprint density at radius 1 is 0.476 bits per heavy atom. The van der Waals surface area contributed by atoms with E-state index in [1.165, 1.54) is 0 Å². The van der Waals surface area contributed by atoms with Crippen LogP contribution in [-0.4, -0.2) is 16.2 Å². The van der Waals surface area contributed by atoms with Crippen molar-refractivity contribution in [2.75, 3.05) is 0 Å². The third-order valence-corrected chi connectivity index (χ3v) is 7.79. The van der Waals surface area contributed by atoms with Crippen LogP contribution in [0.4, 0.5) is 0 Å². The summed E-state index contributed by atoms with van der Waals surface area (Å²) >= 11 is 0. The van der Waals surface area contributed by atoms with Crippen LogP contribution in [0.3, 0.4) is 0 Å². The van der Waals surface area contributed by atoms with Gasteiger partial charge in [0.25, 0.3) is 0 Å². The van der Waals surface area contributed by atoms with Crippen molar-refractivity contribution in [1.29, 1.82) is 0 Å². The van der Waals surface area contributed by atoms with Gasteiger partial charge in [0.15, 0.2) is 0 Å².